The van der Waals surface area contributed by atoms with Crippen molar-refractivity contribution < 1.29 is 47.4 Å². The zero-order valence-electron chi connectivity index (χ0n) is 26.1. The molecule has 0 spiro atoms. The lowest BCUT2D eigenvalue weighted by molar-refractivity contribution is 0.00708. The van der Waals surface area contributed by atoms with Crippen LogP contribution >= 0.6 is 0 Å². The van der Waals surface area contributed by atoms with Gasteiger partial charge in [-0.05, 0) is 61.1 Å². The number of hydrogen-bond acceptors (Lipinski definition) is 10. The Bertz CT molecular complexity index is 952. The maximum atomic E-state index is 6.02. The molecule has 0 atom stereocenters. The van der Waals surface area contributed by atoms with E-state index in [1.165, 1.54) is 11.1 Å². The molecule has 2 aromatic rings. The standard InChI is InChI=1S/C34H50O10/c1(3-5-29-7-9-31-33(27-29)43-25-21-39-17-13-35-11-15-37-19-23-41-31)2-4-6-30-8-10-32-34(28-30)44-26-22-40-18-14-36-12-16-38-20-24-42-32/h7-10,27-28H,1-6,11-26H2. The fourth-order valence-corrected chi connectivity index (χ4v) is 4.82. The molecule has 4 rings (SSSR count). The molecule has 246 valence electrons. The number of fused-ring (bicyclic) bond motifs is 2. The van der Waals surface area contributed by atoms with Crippen LogP contribution in [0.1, 0.15) is 36.8 Å². The number of unbranched alkanes of at least 4 members (excludes halogenated alkanes) is 3. The fraction of sp³-hybridized carbons (Fsp3) is 0.647. The molecule has 44 heavy (non-hydrogen) atoms. The minimum absolute atomic E-state index is 0.466. The Hall–Kier alpha value is -2.60. The van der Waals surface area contributed by atoms with Crippen molar-refractivity contribution in [2.75, 3.05) is 106 Å². The lowest BCUT2D eigenvalue weighted by Crippen LogP contribution is -2.13. The molecule has 0 N–H and O–H groups in total. The van der Waals surface area contributed by atoms with Gasteiger partial charge in [-0.1, -0.05) is 25.0 Å². The first-order valence-electron chi connectivity index (χ1n) is 16.1. The molecule has 2 aliphatic rings. The van der Waals surface area contributed by atoms with Gasteiger partial charge in [0.1, 0.15) is 26.4 Å². The van der Waals surface area contributed by atoms with Crippen molar-refractivity contribution in [3.8, 4) is 23.0 Å². The minimum Gasteiger partial charge on any atom is -0.487 e. The summed E-state index contributed by atoms with van der Waals surface area (Å²) in [7, 11) is 0. The Kier molecular flexibility index (Phi) is 17.1. The van der Waals surface area contributed by atoms with E-state index in [2.05, 4.69) is 24.3 Å². The van der Waals surface area contributed by atoms with E-state index in [1.54, 1.807) is 0 Å². The molecular weight excluding hydrogens is 568 g/mol. The van der Waals surface area contributed by atoms with E-state index in [1.807, 2.05) is 12.1 Å². The number of ether oxygens (including phenoxy) is 10. The molecule has 0 saturated carbocycles. The van der Waals surface area contributed by atoms with E-state index in [4.69, 9.17) is 47.4 Å². The predicted molar refractivity (Wildman–Crippen MR) is 166 cm³/mol. The second-order valence-electron chi connectivity index (χ2n) is 10.5. The quantitative estimate of drug-likeness (QED) is 0.408. The van der Waals surface area contributed by atoms with Crippen LogP contribution < -0.4 is 18.9 Å². The summed E-state index contributed by atoms with van der Waals surface area (Å²) in [5.74, 6) is 3.00. The van der Waals surface area contributed by atoms with Crippen LogP contribution in [0.3, 0.4) is 0 Å². The number of rotatable bonds is 7. The fourth-order valence-electron chi connectivity index (χ4n) is 4.82. The molecule has 0 saturated heterocycles. The van der Waals surface area contributed by atoms with Crippen LogP contribution in [0.15, 0.2) is 36.4 Å². The molecule has 2 heterocycles. The smallest absolute Gasteiger partial charge is 0.161 e. The molecule has 10 heteroatoms. The second-order valence-corrected chi connectivity index (χ2v) is 10.5. The van der Waals surface area contributed by atoms with Crippen LogP contribution in [0.25, 0.3) is 0 Å². The largest absolute Gasteiger partial charge is 0.487 e. The summed E-state index contributed by atoms with van der Waals surface area (Å²) in [6.45, 7) is 8.30. The van der Waals surface area contributed by atoms with Gasteiger partial charge >= 0.3 is 0 Å². The van der Waals surface area contributed by atoms with Crippen molar-refractivity contribution in [1.82, 2.24) is 0 Å². The van der Waals surface area contributed by atoms with E-state index >= 15 is 0 Å². The van der Waals surface area contributed by atoms with Gasteiger partial charge in [-0.2, -0.15) is 0 Å². The highest BCUT2D eigenvalue weighted by Gasteiger charge is 2.10. The minimum atomic E-state index is 0.466. The lowest BCUT2D eigenvalue weighted by atomic mass is 10.0. The third-order valence-electron chi connectivity index (χ3n) is 7.13. The molecule has 0 aliphatic carbocycles. The van der Waals surface area contributed by atoms with Gasteiger partial charge in [0, 0.05) is 0 Å². The van der Waals surface area contributed by atoms with Crippen molar-refractivity contribution in [3.63, 3.8) is 0 Å². The predicted octanol–water partition coefficient (Wildman–Crippen LogP) is 4.67. The molecule has 10 nitrogen and oxygen atoms in total. The SMILES string of the molecule is c1cc2c(cc1CCCCCCc1ccc3c(c1)OCCOCCOCCOCCO3)OCCOCCOCCOCCO2. The maximum Gasteiger partial charge on any atom is 0.161 e. The first-order chi connectivity index (χ1) is 21.9. The van der Waals surface area contributed by atoms with Gasteiger partial charge in [0.15, 0.2) is 23.0 Å². The van der Waals surface area contributed by atoms with E-state index in [9.17, 15) is 0 Å². The van der Waals surface area contributed by atoms with Crippen molar-refractivity contribution in [2.24, 2.45) is 0 Å². The van der Waals surface area contributed by atoms with E-state index in [0.717, 1.165) is 61.5 Å². The van der Waals surface area contributed by atoms with E-state index in [0.29, 0.717) is 106 Å². The Morgan fingerprint density at radius 1 is 0.318 bits per heavy atom. The van der Waals surface area contributed by atoms with Gasteiger partial charge in [-0.15, -0.1) is 0 Å². The number of hydrogen-bond donors (Lipinski definition) is 0. The average Bonchev–Trinajstić information content (AvgIpc) is 3.05. The molecule has 0 bridgehead atoms. The number of benzene rings is 2. The molecule has 0 radical (unpaired) electrons. The Balaban J connectivity index is 1.19. The summed E-state index contributed by atoms with van der Waals surface area (Å²) in [5.41, 5.74) is 2.49. The van der Waals surface area contributed by atoms with Crippen molar-refractivity contribution in [3.05, 3.63) is 47.5 Å². The van der Waals surface area contributed by atoms with E-state index in [-0.39, 0.29) is 0 Å². The van der Waals surface area contributed by atoms with Gasteiger partial charge in [0.2, 0.25) is 0 Å². The summed E-state index contributed by atoms with van der Waals surface area (Å²) in [6, 6.07) is 12.5. The van der Waals surface area contributed by atoms with Crippen LogP contribution in [0.4, 0.5) is 0 Å². The summed E-state index contributed by atoms with van der Waals surface area (Å²) in [5, 5.41) is 0. The third-order valence-corrected chi connectivity index (χ3v) is 7.13. The molecule has 0 aromatic heterocycles. The van der Waals surface area contributed by atoms with Crippen LogP contribution in [0, 0.1) is 0 Å². The van der Waals surface area contributed by atoms with Gasteiger partial charge in [0.05, 0.1) is 79.3 Å². The second kappa shape index (κ2) is 22.0. The number of aryl methyl sites for hydroxylation is 2. The third kappa shape index (κ3) is 14.0. The van der Waals surface area contributed by atoms with Gasteiger partial charge in [-0.3, -0.25) is 0 Å². The Labute approximate surface area is 262 Å². The molecule has 0 fully saturated rings. The van der Waals surface area contributed by atoms with Crippen molar-refractivity contribution >= 4 is 0 Å². The zero-order chi connectivity index (χ0) is 30.3. The van der Waals surface area contributed by atoms with Crippen molar-refractivity contribution in [1.29, 1.82) is 0 Å². The van der Waals surface area contributed by atoms with Crippen LogP contribution in [0.2, 0.25) is 0 Å². The first kappa shape index (κ1) is 34.3. The molecule has 0 unspecified atom stereocenters. The molecule has 2 aromatic carbocycles. The first-order valence-corrected chi connectivity index (χ1v) is 16.1. The molecular formula is C34H50O10. The van der Waals surface area contributed by atoms with Gasteiger partial charge < -0.3 is 47.4 Å². The van der Waals surface area contributed by atoms with Crippen LogP contribution in [-0.4, -0.2) is 106 Å². The Morgan fingerprint density at radius 2 is 0.614 bits per heavy atom. The monoisotopic (exact) mass is 618 g/mol. The normalized spacial score (nSPS) is 18.6. The summed E-state index contributed by atoms with van der Waals surface area (Å²) in [6.07, 6.45) is 6.54. The molecule has 0 amide bonds. The zero-order valence-corrected chi connectivity index (χ0v) is 26.1. The summed E-state index contributed by atoms with van der Waals surface area (Å²) >= 11 is 0. The maximum absolute atomic E-state index is 6.02. The highest BCUT2D eigenvalue weighted by Crippen LogP contribution is 2.30. The van der Waals surface area contributed by atoms with Gasteiger partial charge in [0.25, 0.3) is 0 Å². The topological polar surface area (TPSA) is 92.3 Å². The van der Waals surface area contributed by atoms with Crippen LogP contribution in [0.5, 0.6) is 23.0 Å². The Morgan fingerprint density at radius 3 is 0.955 bits per heavy atom. The highest BCUT2D eigenvalue weighted by molar-refractivity contribution is 5.44. The highest BCUT2D eigenvalue weighted by atomic mass is 16.6. The molecule has 2 aliphatic heterocycles. The van der Waals surface area contributed by atoms with E-state index < -0.39 is 0 Å². The summed E-state index contributed by atoms with van der Waals surface area (Å²) < 4.78 is 57.2. The summed E-state index contributed by atoms with van der Waals surface area (Å²) in [4.78, 5) is 0. The van der Waals surface area contributed by atoms with Crippen LogP contribution in [-0.2, 0) is 41.3 Å². The van der Waals surface area contributed by atoms with Crippen molar-refractivity contribution in [2.45, 2.75) is 38.5 Å². The lowest BCUT2D eigenvalue weighted by Gasteiger charge is -2.15. The van der Waals surface area contributed by atoms with Gasteiger partial charge in [-0.25, -0.2) is 0 Å². The average molecular weight is 619 g/mol.